The third-order valence-corrected chi connectivity index (χ3v) is 1.88. The van der Waals surface area contributed by atoms with E-state index in [1.807, 2.05) is 13.0 Å². The molecule has 0 aliphatic heterocycles. The molecule has 0 aromatic heterocycles. The number of amides is 1. The minimum Gasteiger partial charge on any atom is -0.508 e. The molecule has 1 aromatic rings. The molecule has 14 heavy (non-hydrogen) atoms. The molecule has 3 N–H and O–H groups in total. The molecule has 74 valence electrons. The van der Waals surface area contributed by atoms with Crippen molar-refractivity contribution in [3.05, 3.63) is 35.4 Å². The summed E-state index contributed by atoms with van der Waals surface area (Å²) in [6.07, 6.45) is 3.68. The van der Waals surface area contributed by atoms with E-state index >= 15 is 0 Å². The van der Waals surface area contributed by atoms with Crippen molar-refractivity contribution < 1.29 is 9.90 Å². The zero-order chi connectivity index (χ0) is 10.6. The Hall–Kier alpha value is -1.77. The zero-order valence-electron chi connectivity index (χ0n) is 8.03. The second kappa shape index (κ2) is 4.46. The lowest BCUT2D eigenvalue weighted by atomic mass is 10.1. The summed E-state index contributed by atoms with van der Waals surface area (Å²) < 4.78 is 0. The van der Waals surface area contributed by atoms with Gasteiger partial charge in [0, 0.05) is 6.42 Å². The highest BCUT2D eigenvalue weighted by atomic mass is 16.3. The van der Waals surface area contributed by atoms with Crippen molar-refractivity contribution in [2.45, 2.75) is 13.3 Å². The summed E-state index contributed by atoms with van der Waals surface area (Å²) in [5, 5.41) is 9.22. The van der Waals surface area contributed by atoms with Gasteiger partial charge in [0.2, 0.25) is 5.91 Å². The number of aromatic hydroxyl groups is 1. The quantitative estimate of drug-likeness (QED) is 0.762. The maximum Gasteiger partial charge on any atom is 0.221 e. The van der Waals surface area contributed by atoms with Gasteiger partial charge in [-0.1, -0.05) is 18.2 Å². The lowest BCUT2D eigenvalue weighted by Gasteiger charge is -2.00. The molecule has 0 unspecified atom stereocenters. The van der Waals surface area contributed by atoms with Crippen LogP contribution in [0.15, 0.2) is 24.3 Å². The Bertz CT molecular complexity index is 370. The van der Waals surface area contributed by atoms with E-state index in [0.29, 0.717) is 0 Å². The van der Waals surface area contributed by atoms with Gasteiger partial charge in [-0.25, -0.2) is 0 Å². The SMILES string of the molecule is Cc1ccc(O)cc1C=CCC(N)=O. The molecule has 0 spiro atoms. The summed E-state index contributed by atoms with van der Waals surface area (Å²) in [6.45, 7) is 1.93. The number of nitrogens with two attached hydrogens (primary N) is 1. The van der Waals surface area contributed by atoms with Crippen LogP contribution in [0, 0.1) is 6.92 Å². The minimum absolute atomic E-state index is 0.217. The Morgan fingerprint density at radius 3 is 2.93 bits per heavy atom. The van der Waals surface area contributed by atoms with Crippen molar-refractivity contribution in [2.24, 2.45) is 5.73 Å². The first kappa shape index (κ1) is 10.3. The fourth-order valence-corrected chi connectivity index (χ4v) is 1.11. The second-order valence-corrected chi connectivity index (χ2v) is 3.11. The number of phenolic OH excluding ortho intramolecular Hbond substituents is 1. The van der Waals surface area contributed by atoms with Gasteiger partial charge in [-0.2, -0.15) is 0 Å². The monoisotopic (exact) mass is 191 g/mol. The largest absolute Gasteiger partial charge is 0.508 e. The molecule has 1 rings (SSSR count). The minimum atomic E-state index is -0.362. The summed E-state index contributed by atoms with van der Waals surface area (Å²) in [5.41, 5.74) is 6.92. The molecule has 0 saturated heterocycles. The van der Waals surface area contributed by atoms with E-state index in [1.54, 1.807) is 24.3 Å². The lowest BCUT2D eigenvalue weighted by Crippen LogP contribution is -2.07. The van der Waals surface area contributed by atoms with Gasteiger partial charge in [0.05, 0.1) is 0 Å². The number of aryl methyl sites for hydroxylation is 1. The van der Waals surface area contributed by atoms with E-state index in [2.05, 4.69) is 0 Å². The van der Waals surface area contributed by atoms with Crippen molar-refractivity contribution in [3.63, 3.8) is 0 Å². The highest BCUT2D eigenvalue weighted by Gasteiger charge is 1.95. The number of benzene rings is 1. The van der Waals surface area contributed by atoms with Crippen molar-refractivity contribution in [3.8, 4) is 5.75 Å². The molecular formula is C11H13NO2. The zero-order valence-corrected chi connectivity index (χ0v) is 8.03. The summed E-state index contributed by atoms with van der Waals surface area (Å²) in [6, 6.07) is 5.09. The first-order valence-electron chi connectivity index (χ1n) is 4.34. The van der Waals surface area contributed by atoms with Crippen molar-refractivity contribution in [1.29, 1.82) is 0 Å². The van der Waals surface area contributed by atoms with Gasteiger partial charge >= 0.3 is 0 Å². The first-order chi connectivity index (χ1) is 6.59. The smallest absolute Gasteiger partial charge is 0.221 e. The average molecular weight is 191 g/mol. The normalized spacial score (nSPS) is 10.6. The van der Waals surface area contributed by atoms with Crippen LogP contribution in [0.1, 0.15) is 17.5 Å². The summed E-state index contributed by atoms with van der Waals surface area (Å²) in [4.78, 5) is 10.5. The summed E-state index contributed by atoms with van der Waals surface area (Å²) in [5.74, 6) is -0.145. The molecule has 0 saturated carbocycles. The topological polar surface area (TPSA) is 63.3 Å². The molecule has 0 bridgehead atoms. The van der Waals surface area contributed by atoms with Crippen LogP contribution in [0.4, 0.5) is 0 Å². The Morgan fingerprint density at radius 1 is 1.57 bits per heavy atom. The van der Waals surface area contributed by atoms with Crippen molar-refractivity contribution in [2.75, 3.05) is 0 Å². The van der Waals surface area contributed by atoms with E-state index in [1.165, 1.54) is 0 Å². The number of primary amides is 1. The Balaban J connectivity index is 2.80. The van der Waals surface area contributed by atoms with Crippen LogP contribution in [0.3, 0.4) is 0 Å². The van der Waals surface area contributed by atoms with Crippen LogP contribution in [-0.2, 0) is 4.79 Å². The molecule has 1 amide bonds. The molecule has 0 radical (unpaired) electrons. The maximum atomic E-state index is 10.5. The van der Waals surface area contributed by atoms with Crippen LogP contribution < -0.4 is 5.73 Å². The van der Waals surface area contributed by atoms with Gasteiger partial charge in [0.1, 0.15) is 5.75 Å². The van der Waals surface area contributed by atoms with E-state index in [9.17, 15) is 9.90 Å². The van der Waals surface area contributed by atoms with Crippen LogP contribution >= 0.6 is 0 Å². The van der Waals surface area contributed by atoms with Crippen LogP contribution in [0.25, 0.3) is 6.08 Å². The Labute approximate surface area is 82.9 Å². The number of rotatable bonds is 3. The number of carbonyl (C=O) groups is 1. The molecule has 3 heteroatoms. The average Bonchev–Trinajstić information content (AvgIpc) is 2.10. The Kier molecular flexibility index (Phi) is 3.29. The maximum absolute atomic E-state index is 10.5. The van der Waals surface area contributed by atoms with Crippen LogP contribution in [0.5, 0.6) is 5.75 Å². The molecule has 0 fully saturated rings. The fourth-order valence-electron chi connectivity index (χ4n) is 1.11. The third-order valence-electron chi connectivity index (χ3n) is 1.88. The van der Waals surface area contributed by atoms with Crippen molar-refractivity contribution >= 4 is 12.0 Å². The van der Waals surface area contributed by atoms with Crippen LogP contribution in [-0.4, -0.2) is 11.0 Å². The van der Waals surface area contributed by atoms with E-state index in [0.717, 1.165) is 11.1 Å². The highest BCUT2D eigenvalue weighted by molar-refractivity contribution is 5.76. The van der Waals surface area contributed by atoms with Crippen LogP contribution in [0.2, 0.25) is 0 Å². The number of hydrogen-bond donors (Lipinski definition) is 2. The molecule has 0 aliphatic rings. The van der Waals surface area contributed by atoms with Gasteiger partial charge in [0.15, 0.2) is 0 Å². The predicted octanol–water partition coefficient (Wildman–Crippen LogP) is 1.59. The molecule has 1 aromatic carbocycles. The standard InChI is InChI=1S/C11H13NO2/c1-8-5-6-10(13)7-9(8)3-2-4-11(12)14/h2-3,5-7,13H,4H2,1H3,(H2,12,14). The lowest BCUT2D eigenvalue weighted by molar-refractivity contribution is -0.117. The molecular weight excluding hydrogens is 178 g/mol. The van der Waals surface area contributed by atoms with Gasteiger partial charge in [-0.3, -0.25) is 4.79 Å². The molecule has 3 nitrogen and oxygen atoms in total. The number of phenols is 1. The molecule has 0 atom stereocenters. The number of carbonyl (C=O) groups excluding carboxylic acids is 1. The van der Waals surface area contributed by atoms with Crippen molar-refractivity contribution in [1.82, 2.24) is 0 Å². The van der Waals surface area contributed by atoms with Gasteiger partial charge in [-0.05, 0) is 30.2 Å². The summed E-state index contributed by atoms with van der Waals surface area (Å²) >= 11 is 0. The van der Waals surface area contributed by atoms with Gasteiger partial charge < -0.3 is 10.8 Å². The van der Waals surface area contributed by atoms with E-state index in [4.69, 9.17) is 5.73 Å². The summed E-state index contributed by atoms with van der Waals surface area (Å²) in [7, 11) is 0. The van der Waals surface area contributed by atoms with E-state index < -0.39 is 0 Å². The van der Waals surface area contributed by atoms with E-state index in [-0.39, 0.29) is 18.1 Å². The molecule has 0 heterocycles. The van der Waals surface area contributed by atoms with Gasteiger partial charge in [-0.15, -0.1) is 0 Å². The molecule has 0 aliphatic carbocycles. The first-order valence-corrected chi connectivity index (χ1v) is 4.34. The second-order valence-electron chi connectivity index (χ2n) is 3.11. The third kappa shape index (κ3) is 2.94. The predicted molar refractivity (Wildman–Crippen MR) is 55.7 cm³/mol. The Morgan fingerprint density at radius 2 is 2.29 bits per heavy atom. The fraction of sp³-hybridized carbons (Fsp3) is 0.182. The van der Waals surface area contributed by atoms with Gasteiger partial charge in [0.25, 0.3) is 0 Å². The number of hydrogen-bond acceptors (Lipinski definition) is 2. The highest BCUT2D eigenvalue weighted by Crippen LogP contribution is 2.17.